The van der Waals surface area contributed by atoms with Gasteiger partial charge in [0.15, 0.2) is 18.2 Å². The number of nitrogens with one attached hydrogen (secondary N) is 2. The summed E-state index contributed by atoms with van der Waals surface area (Å²) in [5.41, 5.74) is 7.75. The van der Waals surface area contributed by atoms with Crippen LogP contribution in [0.1, 0.15) is 93.0 Å². The number of benzene rings is 2. The largest absolute Gasteiger partial charge is 0.478 e. The van der Waals surface area contributed by atoms with Crippen molar-refractivity contribution in [3.05, 3.63) is 75.2 Å². The maximum Gasteiger partial charge on any atom is 0.293 e. The number of carbonyl (C=O) groups excluding carboxylic acids is 5. The number of hydrogen-bond acceptors (Lipinski definition) is 14. The van der Waals surface area contributed by atoms with Crippen LogP contribution in [0.4, 0.5) is 23.1 Å². The molecule has 6 heterocycles. The molecular weight excluding hydrogens is 856 g/mol. The Hall–Kier alpha value is -6.11. The van der Waals surface area contributed by atoms with E-state index in [1.54, 1.807) is 29.0 Å². The number of rotatable bonds is 12. The maximum atomic E-state index is 13.5. The third kappa shape index (κ3) is 8.61. The van der Waals surface area contributed by atoms with Crippen molar-refractivity contribution in [3.8, 4) is 5.75 Å². The molecule has 4 fully saturated rings. The number of halogens is 1. The highest BCUT2D eigenvalue weighted by Gasteiger charge is 2.46. The third-order valence-corrected chi connectivity index (χ3v) is 13.5. The van der Waals surface area contributed by atoms with Gasteiger partial charge in [0.25, 0.3) is 23.3 Å². The summed E-state index contributed by atoms with van der Waals surface area (Å²) in [6.45, 7) is 10.8. The number of anilines is 4. The Morgan fingerprint density at radius 2 is 1.65 bits per heavy atom. The summed E-state index contributed by atoms with van der Waals surface area (Å²) >= 11 is 6.59. The highest BCUT2D eigenvalue weighted by Crippen LogP contribution is 2.38. The van der Waals surface area contributed by atoms with E-state index in [2.05, 4.69) is 44.2 Å². The first kappa shape index (κ1) is 44.1. The molecule has 19 heteroatoms. The average molecular weight is 909 g/mol. The molecule has 4 aliphatic heterocycles. The van der Waals surface area contributed by atoms with E-state index in [0.717, 1.165) is 67.8 Å². The fraction of sp³-hybridized carbons (Fsp3) is 0.478. The van der Waals surface area contributed by atoms with Crippen molar-refractivity contribution in [2.24, 2.45) is 5.73 Å². The molecule has 0 radical (unpaired) electrons. The van der Waals surface area contributed by atoms with E-state index in [4.69, 9.17) is 31.8 Å². The lowest BCUT2D eigenvalue weighted by molar-refractivity contribution is -0.136. The number of piperidine rings is 2. The molecule has 1 saturated carbocycles. The van der Waals surface area contributed by atoms with Gasteiger partial charge in [0.1, 0.15) is 11.1 Å². The van der Waals surface area contributed by atoms with E-state index in [9.17, 15) is 28.8 Å². The Labute approximate surface area is 380 Å². The monoisotopic (exact) mass is 908 g/mol. The number of fused-ring (bicyclic) bond motifs is 2. The number of amides is 5. The number of carbonyl (C=O) groups is 5. The predicted molar refractivity (Wildman–Crippen MR) is 243 cm³/mol. The van der Waals surface area contributed by atoms with Crippen molar-refractivity contribution in [1.29, 1.82) is 0 Å². The first-order valence-electron chi connectivity index (χ1n) is 22.3. The fourth-order valence-electron chi connectivity index (χ4n) is 10.2. The van der Waals surface area contributed by atoms with E-state index in [1.807, 2.05) is 38.1 Å². The average Bonchev–Trinajstić information content (AvgIpc) is 3.50. The van der Waals surface area contributed by atoms with Crippen molar-refractivity contribution < 1.29 is 33.4 Å². The van der Waals surface area contributed by atoms with Crippen molar-refractivity contribution in [3.63, 3.8) is 0 Å². The first-order chi connectivity index (χ1) is 31.1. The topological polar surface area (TPSA) is 215 Å². The molecule has 0 bridgehead atoms. The Bertz CT molecular complexity index is 2630. The van der Waals surface area contributed by atoms with Gasteiger partial charge in [-0.3, -0.25) is 43.9 Å². The molecule has 3 atom stereocenters. The zero-order valence-corrected chi connectivity index (χ0v) is 37.5. The summed E-state index contributed by atoms with van der Waals surface area (Å²) in [4.78, 5) is 92.8. The van der Waals surface area contributed by atoms with Crippen molar-refractivity contribution in [2.75, 3.05) is 47.9 Å². The third-order valence-electron chi connectivity index (χ3n) is 13.3. The highest BCUT2D eigenvalue weighted by molar-refractivity contribution is 6.33. The molecule has 18 nitrogen and oxygen atoms in total. The number of piperazine rings is 1. The zero-order chi connectivity index (χ0) is 45.8. The van der Waals surface area contributed by atoms with E-state index in [0.29, 0.717) is 34.0 Å². The summed E-state index contributed by atoms with van der Waals surface area (Å²) in [5.74, 6) is -1.66. The Balaban J connectivity index is 0.767. The van der Waals surface area contributed by atoms with Gasteiger partial charge < -0.3 is 34.9 Å². The summed E-state index contributed by atoms with van der Waals surface area (Å²) in [6, 6.07) is 12.2. The molecule has 5 amide bonds. The second-order valence-corrected chi connectivity index (χ2v) is 18.5. The fourth-order valence-corrected chi connectivity index (χ4v) is 10.3. The Kier molecular flexibility index (Phi) is 12.0. The van der Waals surface area contributed by atoms with Crippen LogP contribution in [0, 0.1) is 0 Å². The first-order valence-corrected chi connectivity index (χ1v) is 22.7. The number of nitrogens with zero attached hydrogens (tertiary/aromatic N) is 7. The second kappa shape index (κ2) is 17.7. The summed E-state index contributed by atoms with van der Waals surface area (Å²) in [7, 11) is 0. The van der Waals surface area contributed by atoms with Gasteiger partial charge in [0, 0.05) is 73.5 Å². The van der Waals surface area contributed by atoms with Gasteiger partial charge in [-0.05, 0) is 102 Å². The van der Waals surface area contributed by atoms with E-state index >= 15 is 0 Å². The molecule has 65 heavy (non-hydrogen) atoms. The zero-order valence-electron chi connectivity index (χ0n) is 36.8. The molecule has 342 valence electrons. The summed E-state index contributed by atoms with van der Waals surface area (Å²) in [6.07, 6.45) is 5.70. The number of ether oxygens (including phenoxy) is 2. The van der Waals surface area contributed by atoms with Crippen molar-refractivity contribution >= 4 is 75.2 Å². The van der Waals surface area contributed by atoms with Crippen molar-refractivity contribution in [1.82, 2.24) is 29.7 Å². The molecule has 5 aliphatic rings. The van der Waals surface area contributed by atoms with Crippen LogP contribution < -0.4 is 36.5 Å². The van der Waals surface area contributed by atoms with Crippen LogP contribution in [0.3, 0.4) is 0 Å². The molecule has 2 aromatic carbocycles. The number of nitrogens with two attached hydrogens (primary N) is 1. The minimum absolute atomic E-state index is 0.0343. The number of aromatic nitrogens is 3. The molecule has 4 aromatic rings. The van der Waals surface area contributed by atoms with Gasteiger partial charge in [-0.2, -0.15) is 4.98 Å². The maximum absolute atomic E-state index is 13.5. The molecule has 1 aliphatic carbocycles. The van der Waals surface area contributed by atoms with Crippen LogP contribution in [-0.4, -0.2) is 123 Å². The molecular formula is C46H53ClN10O8. The van der Waals surface area contributed by atoms with Crippen molar-refractivity contribution in [2.45, 2.75) is 109 Å². The Morgan fingerprint density at radius 1 is 0.923 bits per heavy atom. The van der Waals surface area contributed by atoms with Gasteiger partial charge in [-0.1, -0.05) is 11.6 Å². The van der Waals surface area contributed by atoms with Crippen LogP contribution in [0.25, 0.3) is 10.9 Å². The molecule has 1 unspecified atom stereocenters. The number of hydrogen-bond donors (Lipinski definition) is 3. The molecule has 2 aromatic heterocycles. The number of imide groups is 2. The predicted octanol–water partition coefficient (Wildman–Crippen LogP) is 4.15. The summed E-state index contributed by atoms with van der Waals surface area (Å²) < 4.78 is 13.7. The lowest BCUT2D eigenvalue weighted by atomic mass is 9.84. The molecule has 4 N–H and O–H groups in total. The second-order valence-electron chi connectivity index (χ2n) is 18.1. The van der Waals surface area contributed by atoms with Gasteiger partial charge in [0.2, 0.25) is 17.8 Å². The Morgan fingerprint density at radius 3 is 2.34 bits per heavy atom. The summed E-state index contributed by atoms with van der Waals surface area (Å²) in [5, 5.41) is 6.63. The van der Waals surface area contributed by atoms with Gasteiger partial charge in [-0.15, -0.1) is 0 Å². The van der Waals surface area contributed by atoms with Crippen LogP contribution in [0.2, 0.25) is 5.02 Å². The minimum atomic E-state index is -0.994. The lowest BCUT2D eigenvalue weighted by Crippen LogP contribution is -2.63. The SMILES string of the molecule is CC(C)n1c(=O)c(OCC(N)=O)cc2cc(Nc3nc(N4CCC(O[C@H]5C[C@H](N6[C@H](C)CN(c7ccc8c(c7)C(=O)N(C7CCC(=O)NC7=O)C8=O)C[C@H]6C)C5)CC4)ncc3Cl)ccc21. The molecule has 9 rings (SSSR count). The van der Waals surface area contributed by atoms with Crippen LogP contribution >= 0.6 is 11.6 Å². The standard InChI is InChI=1S/C46H53ClN10O8/c1-24(2)55-36-8-5-28(15-27(36)16-38(45(55)63)64-23-39(48)58)50-41-35(47)20-49-46(52-41)53-13-11-31(12-14-53)65-32-17-30(18-32)56-25(3)21-54(22-26(56)4)29-6-7-33-34(19-29)44(62)57(43(33)61)37-9-10-40(59)51-42(37)60/h5-8,15-16,19-20,24-26,30-32,37H,9-14,17-18,21-23H2,1-4H3,(H2,48,58)(H,49,50,52)(H,51,59,60)/t25-,26-,30-,32-,37?/m1/s1. The van der Waals surface area contributed by atoms with E-state index in [1.165, 1.54) is 0 Å². The number of pyridine rings is 1. The molecule has 0 spiro atoms. The highest BCUT2D eigenvalue weighted by atomic mass is 35.5. The van der Waals surface area contributed by atoms with E-state index < -0.39 is 42.2 Å². The number of primary amides is 1. The minimum Gasteiger partial charge on any atom is -0.478 e. The van der Waals surface area contributed by atoms with Crippen LogP contribution in [0.5, 0.6) is 5.75 Å². The van der Waals surface area contributed by atoms with E-state index in [-0.39, 0.29) is 65.6 Å². The normalized spacial score (nSPS) is 24.1. The van der Waals surface area contributed by atoms with Crippen LogP contribution in [0.15, 0.2) is 53.5 Å². The van der Waals surface area contributed by atoms with Crippen LogP contribution in [-0.2, 0) is 19.1 Å². The quantitative estimate of drug-likeness (QED) is 0.171. The lowest BCUT2D eigenvalue weighted by Gasteiger charge is -2.53. The van der Waals surface area contributed by atoms with Gasteiger partial charge >= 0.3 is 0 Å². The van der Waals surface area contributed by atoms with Gasteiger partial charge in [-0.25, -0.2) is 4.98 Å². The van der Waals surface area contributed by atoms with Gasteiger partial charge in [0.05, 0.1) is 35.0 Å². The molecule has 3 saturated heterocycles. The smallest absolute Gasteiger partial charge is 0.293 e.